The minimum atomic E-state index is 1.01. The predicted octanol–water partition coefficient (Wildman–Crippen LogP) is 2.64. The topological polar surface area (TPSA) is 15.3 Å². The third kappa shape index (κ3) is 4.42. The Morgan fingerprint density at radius 1 is 0.938 bits per heavy atom. The van der Waals surface area contributed by atoms with E-state index in [4.69, 9.17) is 0 Å². The predicted molar refractivity (Wildman–Crippen MR) is 69.7 cm³/mol. The lowest BCUT2D eigenvalue weighted by molar-refractivity contribution is 0.218. The van der Waals surface area contributed by atoms with E-state index < -0.39 is 0 Å². The van der Waals surface area contributed by atoms with E-state index in [0.717, 1.165) is 5.92 Å². The van der Waals surface area contributed by atoms with Gasteiger partial charge in [-0.15, -0.1) is 0 Å². The molecule has 2 aliphatic heterocycles. The first-order valence-corrected chi connectivity index (χ1v) is 7.38. The summed E-state index contributed by atoms with van der Waals surface area (Å²) in [6.07, 6.45) is 11.5. The number of nitrogens with one attached hydrogen (secondary N) is 1. The van der Waals surface area contributed by atoms with Crippen LogP contribution < -0.4 is 5.32 Å². The van der Waals surface area contributed by atoms with Gasteiger partial charge in [-0.1, -0.05) is 6.42 Å². The molecule has 0 aromatic heterocycles. The fourth-order valence-corrected chi connectivity index (χ4v) is 3.17. The maximum absolute atomic E-state index is 3.51. The van der Waals surface area contributed by atoms with E-state index in [0.29, 0.717) is 0 Å². The van der Waals surface area contributed by atoms with Crippen LogP contribution in [0.5, 0.6) is 0 Å². The highest BCUT2D eigenvalue weighted by Crippen LogP contribution is 2.20. The van der Waals surface area contributed by atoms with Crippen molar-refractivity contribution >= 4 is 0 Å². The molecule has 2 rings (SSSR count). The molecule has 2 heteroatoms. The number of piperidine rings is 1. The number of likely N-dealkylation sites (tertiary alicyclic amines) is 1. The van der Waals surface area contributed by atoms with Crippen LogP contribution in [-0.4, -0.2) is 37.6 Å². The Morgan fingerprint density at radius 3 is 2.69 bits per heavy atom. The van der Waals surface area contributed by atoms with Crippen molar-refractivity contribution in [2.24, 2.45) is 5.92 Å². The second-order valence-electron chi connectivity index (χ2n) is 5.59. The molecule has 0 spiro atoms. The zero-order chi connectivity index (χ0) is 11.1. The molecule has 2 aliphatic rings. The van der Waals surface area contributed by atoms with Crippen molar-refractivity contribution in [2.75, 3.05) is 32.7 Å². The molecule has 94 valence electrons. The first-order chi connectivity index (χ1) is 7.95. The van der Waals surface area contributed by atoms with Gasteiger partial charge in [0, 0.05) is 0 Å². The van der Waals surface area contributed by atoms with Crippen LogP contribution in [0.3, 0.4) is 0 Å². The maximum atomic E-state index is 3.51. The zero-order valence-electron chi connectivity index (χ0n) is 10.7. The standard InChI is InChI=1S/C14H28N2/c1-2-11-16(12-3-1)13-5-7-14-6-4-9-15-10-8-14/h14-15H,1-13H2. The molecule has 1 atom stereocenters. The highest BCUT2D eigenvalue weighted by molar-refractivity contribution is 4.69. The normalized spacial score (nSPS) is 28.9. The van der Waals surface area contributed by atoms with Crippen molar-refractivity contribution in [1.82, 2.24) is 10.2 Å². The van der Waals surface area contributed by atoms with Gasteiger partial charge < -0.3 is 10.2 Å². The van der Waals surface area contributed by atoms with E-state index in [9.17, 15) is 0 Å². The van der Waals surface area contributed by atoms with E-state index in [-0.39, 0.29) is 0 Å². The molecule has 2 saturated heterocycles. The molecule has 0 aromatic rings. The fraction of sp³-hybridized carbons (Fsp3) is 1.00. The SMILES string of the molecule is C1CCN(CCCC2CCCNCC2)CC1. The van der Waals surface area contributed by atoms with E-state index in [1.54, 1.807) is 0 Å². The Balaban J connectivity index is 1.55. The number of hydrogen-bond donors (Lipinski definition) is 1. The van der Waals surface area contributed by atoms with Gasteiger partial charge >= 0.3 is 0 Å². The van der Waals surface area contributed by atoms with Crippen LogP contribution in [0.15, 0.2) is 0 Å². The average Bonchev–Trinajstić information content (AvgIpc) is 2.59. The molecule has 0 bridgehead atoms. The summed E-state index contributed by atoms with van der Waals surface area (Å²) in [5, 5.41) is 3.51. The van der Waals surface area contributed by atoms with Crippen LogP contribution in [0, 0.1) is 5.92 Å². The van der Waals surface area contributed by atoms with Crippen LogP contribution in [0.2, 0.25) is 0 Å². The quantitative estimate of drug-likeness (QED) is 0.790. The van der Waals surface area contributed by atoms with Crippen molar-refractivity contribution in [2.45, 2.75) is 51.4 Å². The van der Waals surface area contributed by atoms with Gasteiger partial charge in [-0.25, -0.2) is 0 Å². The molecule has 2 heterocycles. The van der Waals surface area contributed by atoms with Crippen molar-refractivity contribution in [1.29, 1.82) is 0 Å². The third-order valence-electron chi connectivity index (χ3n) is 4.23. The summed E-state index contributed by atoms with van der Waals surface area (Å²) in [5.41, 5.74) is 0. The number of hydrogen-bond acceptors (Lipinski definition) is 2. The van der Waals surface area contributed by atoms with Gasteiger partial charge in [-0.2, -0.15) is 0 Å². The summed E-state index contributed by atoms with van der Waals surface area (Å²) in [7, 11) is 0. The van der Waals surface area contributed by atoms with Crippen LogP contribution >= 0.6 is 0 Å². The van der Waals surface area contributed by atoms with Gasteiger partial charge in [-0.3, -0.25) is 0 Å². The van der Waals surface area contributed by atoms with Crippen LogP contribution in [0.1, 0.15) is 51.4 Å². The molecule has 2 fully saturated rings. The minimum Gasteiger partial charge on any atom is -0.317 e. The summed E-state index contributed by atoms with van der Waals surface area (Å²) >= 11 is 0. The molecular weight excluding hydrogens is 196 g/mol. The first-order valence-electron chi connectivity index (χ1n) is 7.38. The van der Waals surface area contributed by atoms with Gasteiger partial charge in [0.15, 0.2) is 0 Å². The van der Waals surface area contributed by atoms with Gasteiger partial charge in [0.05, 0.1) is 0 Å². The summed E-state index contributed by atoms with van der Waals surface area (Å²) in [5.74, 6) is 1.01. The van der Waals surface area contributed by atoms with Gasteiger partial charge in [0.1, 0.15) is 0 Å². The Kier molecular flexibility index (Phi) is 5.64. The highest BCUT2D eigenvalue weighted by Gasteiger charge is 2.13. The molecule has 1 N–H and O–H groups in total. The molecule has 2 nitrogen and oxygen atoms in total. The lowest BCUT2D eigenvalue weighted by Crippen LogP contribution is -2.30. The third-order valence-corrected chi connectivity index (χ3v) is 4.23. The van der Waals surface area contributed by atoms with Crippen LogP contribution in [0.4, 0.5) is 0 Å². The van der Waals surface area contributed by atoms with E-state index in [2.05, 4.69) is 10.2 Å². The van der Waals surface area contributed by atoms with Crippen molar-refractivity contribution in [3.8, 4) is 0 Å². The van der Waals surface area contributed by atoms with E-state index in [1.807, 2.05) is 0 Å². The first kappa shape index (κ1) is 12.4. The smallest absolute Gasteiger partial charge is 0.00186 e. The van der Waals surface area contributed by atoms with E-state index >= 15 is 0 Å². The maximum Gasteiger partial charge on any atom is -0.00186 e. The Morgan fingerprint density at radius 2 is 1.81 bits per heavy atom. The van der Waals surface area contributed by atoms with Crippen molar-refractivity contribution in [3.05, 3.63) is 0 Å². The van der Waals surface area contributed by atoms with Gasteiger partial charge in [0.25, 0.3) is 0 Å². The molecular formula is C14H28N2. The molecule has 0 radical (unpaired) electrons. The molecule has 0 amide bonds. The monoisotopic (exact) mass is 224 g/mol. The van der Waals surface area contributed by atoms with E-state index in [1.165, 1.54) is 84.1 Å². The zero-order valence-corrected chi connectivity index (χ0v) is 10.7. The second-order valence-corrected chi connectivity index (χ2v) is 5.59. The largest absolute Gasteiger partial charge is 0.317 e. The number of nitrogens with zero attached hydrogens (tertiary/aromatic N) is 1. The Labute approximate surface area is 101 Å². The van der Waals surface area contributed by atoms with Gasteiger partial charge in [0.2, 0.25) is 0 Å². The summed E-state index contributed by atoms with van der Waals surface area (Å²) < 4.78 is 0. The fourth-order valence-electron chi connectivity index (χ4n) is 3.17. The summed E-state index contributed by atoms with van der Waals surface area (Å²) in [4.78, 5) is 2.68. The highest BCUT2D eigenvalue weighted by atomic mass is 15.1. The second kappa shape index (κ2) is 7.29. The summed E-state index contributed by atoms with van der Waals surface area (Å²) in [6.45, 7) is 6.61. The van der Waals surface area contributed by atoms with Crippen molar-refractivity contribution in [3.63, 3.8) is 0 Å². The number of rotatable bonds is 4. The van der Waals surface area contributed by atoms with Crippen LogP contribution in [-0.2, 0) is 0 Å². The lowest BCUT2D eigenvalue weighted by atomic mass is 9.95. The molecule has 1 unspecified atom stereocenters. The molecule has 0 aliphatic carbocycles. The van der Waals surface area contributed by atoms with Crippen molar-refractivity contribution < 1.29 is 0 Å². The lowest BCUT2D eigenvalue weighted by Gasteiger charge is -2.27. The average molecular weight is 224 g/mol. The molecule has 0 saturated carbocycles. The molecule has 0 aromatic carbocycles. The van der Waals surface area contributed by atoms with Crippen LogP contribution in [0.25, 0.3) is 0 Å². The van der Waals surface area contributed by atoms with Gasteiger partial charge in [-0.05, 0) is 83.6 Å². The molecule has 16 heavy (non-hydrogen) atoms. The Bertz CT molecular complexity index is 168. The minimum absolute atomic E-state index is 1.01. The Hall–Kier alpha value is -0.0800. The summed E-state index contributed by atoms with van der Waals surface area (Å²) in [6, 6.07) is 0.